The summed E-state index contributed by atoms with van der Waals surface area (Å²) in [5.41, 5.74) is 1.94. The predicted octanol–water partition coefficient (Wildman–Crippen LogP) is 2.71. The SMILES string of the molecule is CC(=O)c1c[nH]c(C(=O)N[C@H](C)c2ccccc2)c1. The monoisotopic (exact) mass is 256 g/mol. The number of hydrogen-bond donors (Lipinski definition) is 2. The molecule has 0 unspecified atom stereocenters. The second kappa shape index (κ2) is 5.52. The number of carbonyl (C=O) groups excluding carboxylic acids is 2. The zero-order chi connectivity index (χ0) is 13.8. The highest BCUT2D eigenvalue weighted by molar-refractivity contribution is 5.99. The third-order valence-corrected chi connectivity index (χ3v) is 2.98. The van der Waals surface area contributed by atoms with Gasteiger partial charge in [-0.05, 0) is 25.5 Å². The van der Waals surface area contributed by atoms with Crippen molar-refractivity contribution in [1.82, 2.24) is 10.3 Å². The summed E-state index contributed by atoms with van der Waals surface area (Å²) in [6.07, 6.45) is 1.55. The third kappa shape index (κ3) is 3.10. The number of nitrogens with one attached hydrogen (secondary N) is 2. The van der Waals surface area contributed by atoms with Gasteiger partial charge in [0.2, 0.25) is 0 Å². The van der Waals surface area contributed by atoms with E-state index in [-0.39, 0.29) is 17.7 Å². The molecule has 98 valence electrons. The van der Waals surface area contributed by atoms with Crippen LogP contribution in [0.25, 0.3) is 0 Å². The number of carbonyl (C=O) groups is 2. The number of rotatable bonds is 4. The molecule has 4 nitrogen and oxygen atoms in total. The Morgan fingerprint density at radius 3 is 2.47 bits per heavy atom. The van der Waals surface area contributed by atoms with E-state index in [0.29, 0.717) is 11.3 Å². The van der Waals surface area contributed by atoms with Gasteiger partial charge < -0.3 is 10.3 Å². The summed E-state index contributed by atoms with van der Waals surface area (Å²) >= 11 is 0. The van der Waals surface area contributed by atoms with Crippen LogP contribution in [-0.4, -0.2) is 16.7 Å². The number of amides is 1. The van der Waals surface area contributed by atoms with E-state index in [0.717, 1.165) is 5.56 Å². The maximum Gasteiger partial charge on any atom is 0.268 e. The van der Waals surface area contributed by atoms with Crippen LogP contribution in [0.5, 0.6) is 0 Å². The van der Waals surface area contributed by atoms with Gasteiger partial charge >= 0.3 is 0 Å². The van der Waals surface area contributed by atoms with Gasteiger partial charge in [0.25, 0.3) is 5.91 Å². The lowest BCUT2D eigenvalue weighted by molar-refractivity contribution is 0.0935. The van der Waals surface area contributed by atoms with E-state index in [9.17, 15) is 9.59 Å². The van der Waals surface area contributed by atoms with Crippen LogP contribution >= 0.6 is 0 Å². The van der Waals surface area contributed by atoms with Crippen LogP contribution in [0.4, 0.5) is 0 Å². The molecule has 0 saturated heterocycles. The average molecular weight is 256 g/mol. The summed E-state index contributed by atoms with van der Waals surface area (Å²) in [5.74, 6) is -0.282. The van der Waals surface area contributed by atoms with Gasteiger partial charge in [-0.1, -0.05) is 30.3 Å². The molecule has 0 aliphatic carbocycles. The van der Waals surface area contributed by atoms with Crippen molar-refractivity contribution >= 4 is 11.7 Å². The van der Waals surface area contributed by atoms with Crippen LogP contribution in [0.15, 0.2) is 42.6 Å². The summed E-state index contributed by atoms with van der Waals surface area (Å²) in [4.78, 5) is 26.0. The minimum atomic E-state index is -0.219. The Morgan fingerprint density at radius 2 is 1.89 bits per heavy atom. The number of H-pyrrole nitrogens is 1. The highest BCUT2D eigenvalue weighted by Crippen LogP contribution is 2.12. The van der Waals surface area contributed by atoms with Crippen LogP contribution in [0.1, 0.15) is 46.3 Å². The number of benzene rings is 1. The van der Waals surface area contributed by atoms with Gasteiger partial charge in [-0.2, -0.15) is 0 Å². The summed E-state index contributed by atoms with van der Waals surface area (Å²) in [7, 11) is 0. The van der Waals surface area contributed by atoms with Gasteiger partial charge in [0, 0.05) is 11.8 Å². The molecule has 1 atom stereocenters. The van der Waals surface area contributed by atoms with E-state index >= 15 is 0 Å². The van der Waals surface area contributed by atoms with E-state index in [1.54, 1.807) is 12.3 Å². The largest absolute Gasteiger partial charge is 0.356 e. The quantitative estimate of drug-likeness (QED) is 0.826. The van der Waals surface area contributed by atoms with Crippen molar-refractivity contribution < 1.29 is 9.59 Å². The Hall–Kier alpha value is -2.36. The lowest BCUT2D eigenvalue weighted by atomic mass is 10.1. The Balaban J connectivity index is 2.06. The molecule has 0 bridgehead atoms. The fraction of sp³-hybridized carbons (Fsp3) is 0.200. The normalized spacial score (nSPS) is 11.9. The van der Waals surface area contributed by atoms with Crippen LogP contribution < -0.4 is 5.32 Å². The van der Waals surface area contributed by atoms with Crippen molar-refractivity contribution in [3.8, 4) is 0 Å². The lowest BCUT2D eigenvalue weighted by Crippen LogP contribution is -2.26. The summed E-state index contributed by atoms with van der Waals surface area (Å²) in [5, 5.41) is 2.88. The molecule has 1 aromatic heterocycles. The first kappa shape index (κ1) is 13.1. The van der Waals surface area contributed by atoms with Gasteiger partial charge in [0.1, 0.15) is 5.69 Å². The van der Waals surface area contributed by atoms with Crippen molar-refractivity contribution in [2.24, 2.45) is 0 Å². The molecule has 1 aromatic carbocycles. The first-order valence-electron chi connectivity index (χ1n) is 6.13. The molecule has 2 N–H and O–H groups in total. The number of hydrogen-bond acceptors (Lipinski definition) is 2. The summed E-state index contributed by atoms with van der Waals surface area (Å²) < 4.78 is 0. The fourth-order valence-corrected chi connectivity index (χ4v) is 1.83. The molecule has 2 rings (SSSR count). The predicted molar refractivity (Wildman–Crippen MR) is 73.1 cm³/mol. The summed E-state index contributed by atoms with van der Waals surface area (Å²) in [6, 6.07) is 11.2. The number of ketones is 1. The van der Waals surface area contributed by atoms with Gasteiger partial charge in [-0.15, -0.1) is 0 Å². The smallest absolute Gasteiger partial charge is 0.268 e. The van der Waals surface area contributed by atoms with Gasteiger partial charge in [-0.3, -0.25) is 9.59 Å². The van der Waals surface area contributed by atoms with E-state index in [4.69, 9.17) is 0 Å². The maximum absolute atomic E-state index is 12.0. The Bertz CT molecular complexity index is 587. The number of aromatic amines is 1. The Morgan fingerprint density at radius 1 is 1.21 bits per heavy atom. The molecule has 0 saturated carbocycles. The van der Waals surface area contributed by atoms with Crippen LogP contribution in [0.3, 0.4) is 0 Å². The topological polar surface area (TPSA) is 62.0 Å². The van der Waals surface area contributed by atoms with E-state index in [1.165, 1.54) is 6.92 Å². The molecule has 0 radical (unpaired) electrons. The summed E-state index contributed by atoms with van der Waals surface area (Å²) in [6.45, 7) is 3.39. The molecule has 4 heteroatoms. The number of aromatic nitrogens is 1. The van der Waals surface area contributed by atoms with Crippen molar-refractivity contribution in [1.29, 1.82) is 0 Å². The van der Waals surface area contributed by atoms with Crippen LogP contribution in [0.2, 0.25) is 0 Å². The first-order valence-corrected chi connectivity index (χ1v) is 6.13. The molecule has 0 spiro atoms. The maximum atomic E-state index is 12.0. The van der Waals surface area contributed by atoms with Crippen LogP contribution in [0, 0.1) is 0 Å². The van der Waals surface area contributed by atoms with Crippen LogP contribution in [-0.2, 0) is 0 Å². The average Bonchev–Trinajstić information content (AvgIpc) is 2.89. The van der Waals surface area contributed by atoms with Crippen molar-refractivity contribution in [3.63, 3.8) is 0 Å². The highest BCUT2D eigenvalue weighted by Gasteiger charge is 2.13. The molecule has 0 fully saturated rings. The van der Waals surface area contributed by atoms with Gasteiger partial charge in [0.05, 0.1) is 6.04 Å². The molecule has 0 aliphatic rings. The second-order valence-corrected chi connectivity index (χ2v) is 4.46. The van der Waals surface area contributed by atoms with Crippen molar-refractivity contribution in [3.05, 3.63) is 59.4 Å². The second-order valence-electron chi connectivity index (χ2n) is 4.46. The van der Waals surface area contributed by atoms with Crippen molar-refractivity contribution in [2.75, 3.05) is 0 Å². The molecular weight excluding hydrogens is 240 g/mol. The van der Waals surface area contributed by atoms with E-state index in [2.05, 4.69) is 10.3 Å². The minimum Gasteiger partial charge on any atom is -0.356 e. The zero-order valence-corrected chi connectivity index (χ0v) is 10.9. The Labute approximate surface area is 111 Å². The van der Waals surface area contributed by atoms with E-state index < -0.39 is 0 Å². The third-order valence-electron chi connectivity index (χ3n) is 2.98. The lowest BCUT2D eigenvalue weighted by Gasteiger charge is -2.13. The zero-order valence-electron chi connectivity index (χ0n) is 10.9. The fourth-order valence-electron chi connectivity index (χ4n) is 1.83. The molecular formula is C15H16N2O2. The highest BCUT2D eigenvalue weighted by atomic mass is 16.2. The van der Waals surface area contributed by atoms with Gasteiger partial charge in [0.15, 0.2) is 5.78 Å². The standard InChI is InChI=1S/C15H16N2O2/c1-10(12-6-4-3-5-7-12)17-15(19)14-8-13(9-16-14)11(2)18/h3-10,16H,1-2H3,(H,17,19)/t10-/m1/s1. The molecule has 19 heavy (non-hydrogen) atoms. The Kier molecular flexibility index (Phi) is 3.80. The molecule has 2 aromatic rings. The molecule has 1 amide bonds. The van der Waals surface area contributed by atoms with E-state index in [1.807, 2.05) is 37.3 Å². The molecule has 1 heterocycles. The minimum absolute atomic E-state index is 0.0635. The van der Waals surface area contributed by atoms with Crippen molar-refractivity contribution in [2.45, 2.75) is 19.9 Å². The van der Waals surface area contributed by atoms with Gasteiger partial charge in [-0.25, -0.2) is 0 Å². The first-order chi connectivity index (χ1) is 9.08. The molecule has 0 aliphatic heterocycles. The number of Topliss-reactive ketones (excluding diaryl/α,β-unsaturated/α-hetero) is 1.